The van der Waals surface area contributed by atoms with E-state index in [1.165, 1.54) is 7.11 Å². The molecule has 7 heteroatoms. The van der Waals surface area contributed by atoms with E-state index in [9.17, 15) is 4.79 Å². The fourth-order valence-electron chi connectivity index (χ4n) is 2.64. The minimum Gasteiger partial charge on any atom is -0.481 e. The largest absolute Gasteiger partial charge is 0.481 e. The van der Waals surface area contributed by atoms with Crippen LogP contribution in [0.3, 0.4) is 0 Å². The smallest absolute Gasteiger partial charge is 0.251 e. The van der Waals surface area contributed by atoms with Gasteiger partial charge in [0.2, 0.25) is 5.88 Å². The molecule has 2 atom stereocenters. The maximum atomic E-state index is 12.5. The van der Waals surface area contributed by atoms with Gasteiger partial charge < -0.3 is 19.5 Å². The molecule has 1 N–H and O–H groups in total. The Balaban J connectivity index is 1.61. The Morgan fingerprint density at radius 2 is 2.24 bits per heavy atom. The molecule has 25 heavy (non-hydrogen) atoms. The molecule has 1 amide bonds. The summed E-state index contributed by atoms with van der Waals surface area (Å²) in [5.41, 5.74) is 1.35. The molecule has 0 aliphatic carbocycles. The summed E-state index contributed by atoms with van der Waals surface area (Å²) < 4.78 is 16.5. The lowest BCUT2D eigenvalue weighted by molar-refractivity contribution is -0.0612. The lowest BCUT2D eigenvalue weighted by Gasteiger charge is -2.32. The van der Waals surface area contributed by atoms with Crippen molar-refractivity contribution in [3.05, 3.63) is 54.0 Å². The van der Waals surface area contributed by atoms with Crippen molar-refractivity contribution >= 4 is 5.91 Å². The zero-order chi connectivity index (χ0) is 17.5. The third-order valence-corrected chi connectivity index (χ3v) is 3.99. The topological polar surface area (TPSA) is 82.6 Å². The number of rotatable bonds is 6. The Kier molecular flexibility index (Phi) is 5.92. The summed E-state index contributed by atoms with van der Waals surface area (Å²) in [6.45, 7) is 1.43. The Morgan fingerprint density at radius 1 is 1.32 bits per heavy atom. The third-order valence-electron chi connectivity index (χ3n) is 3.99. The van der Waals surface area contributed by atoms with Crippen LogP contribution in [0.5, 0.6) is 5.88 Å². The van der Waals surface area contributed by atoms with E-state index in [1.807, 2.05) is 18.2 Å². The Morgan fingerprint density at radius 3 is 3.04 bits per heavy atom. The van der Waals surface area contributed by atoms with Crippen LogP contribution in [0.25, 0.3) is 0 Å². The lowest BCUT2D eigenvalue weighted by atomic mass is 10.1. The Labute approximate surface area is 146 Å². The first kappa shape index (κ1) is 17.3. The van der Waals surface area contributed by atoms with E-state index >= 15 is 0 Å². The number of pyridine rings is 2. The predicted octanol–water partition coefficient (Wildman–Crippen LogP) is 1.59. The zero-order valence-corrected chi connectivity index (χ0v) is 14.1. The van der Waals surface area contributed by atoms with Gasteiger partial charge in [0.05, 0.1) is 38.2 Å². The van der Waals surface area contributed by atoms with Crippen molar-refractivity contribution in [1.82, 2.24) is 15.3 Å². The van der Waals surface area contributed by atoms with Crippen molar-refractivity contribution in [3.8, 4) is 5.88 Å². The fourth-order valence-corrected chi connectivity index (χ4v) is 2.64. The van der Waals surface area contributed by atoms with Crippen LogP contribution < -0.4 is 10.1 Å². The zero-order valence-electron chi connectivity index (χ0n) is 14.1. The van der Waals surface area contributed by atoms with Crippen molar-refractivity contribution in [2.75, 3.05) is 20.3 Å². The van der Waals surface area contributed by atoms with Gasteiger partial charge in [0.1, 0.15) is 0 Å². The number of hydrogen-bond acceptors (Lipinski definition) is 6. The van der Waals surface area contributed by atoms with Crippen molar-refractivity contribution < 1.29 is 19.0 Å². The van der Waals surface area contributed by atoms with Crippen molar-refractivity contribution in [2.45, 2.75) is 25.2 Å². The fraction of sp³-hybridized carbons (Fsp3) is 0.389. The Hall–Kier alpha value is -2.51. The summed E-state index contributed by atoms with van der Waals surface area (Å²) in [6, 6.07) is 8.73. The molecule has 2 aromatic rings. The molecule has 0 bridgehead atoms. The lowest BCUT2D eigenvalue weighted by Crippen LogP contribution is -2.50. The first-order chi connectivity index (χ1) is 12.3. The van der Waals surface area contributed by atoms with E-state index in [2.05, 4.69) is 15.3 Å². The van der Waals surface area contributed by atoms with E-state index in [-0.39, 0.29) is 18.1 Å². The average molecular weight is 343 g/mol. The van der Waals surface area contributed by atoms with Crippen LogP contribution in [0.15, 0.2) is 42.7 Å². The summed E-state index contributed by atoms with van der Waals surface area (Å²) >= 11 is 0. The summed E-state index contributed by atoms with van der Waals surface area (Å²) in [4.78, 5) is 20.7. The maximum Gasteiger partial charge on any atom is 0.251 e. The average Bonchev–Trinajstić information content (AvgIpc) is 2.68. The molecular weight excluding hydrogens is 322 g/mol. The summed E-state index contributed by atoms with van der Waals surface area (Å²) in [5.74, 6) is 0.193. The molecule has 0 unspecified atom stereocenters. The highest BCUT2D eigenvalue weighted by Crippen LogP contribution is 2.15. The van der Waals surface area contributed by atoms with Gasteiger partial charge in [-0.15, -0.1) is 0 Å². The minimum absolute atomic E-state index is 0.122. The van der Waals surface area contributed by atoms with Crippen LogP contribution in [0.4, 0.5) is 0 Å². The number of nitrogens with zero attached hydrogens (tertiary/aromatic N) is 2. The van der Waals surface area contributed by atoms with Gasteiger partial charge in [-0.2, -0.15) is 0 Å². The molecular formula is C18H21N3O4. The first-order valence-corrected chi connectivity index (χ1v) is 8.16. The SMILES string of the molecule is COc1cc(C(=O)N[C@@H]2COCC[C@H]2OCc2ccccn2)ccn1. The second kappa shape index (κ2) is 8.55. The highest BCUT2D eigenvalue weighted by atomic mass is 16.5. The number of amides is 1. The monoisotopic (exact) mass is 343 g/mol. The van der Waals surface area contributed by atoms with Gasteiger partial charge in [0.15, 0.2) is 0 Å². The van der Waals surface area contributed by atoms with Gasteiger partial charge in [-0.1, -0.05) is 6.07 Å². The number of carbonyl (C=O) groups excluding carboxylic acids is 1. The number of aromatic nitrogens is 2. The summed E-state index contributed by atoms with van der Waals surface area (Å²) in [5, 5.41) is 2.98. The third kappa shape index (κ3) is 4.74. The molecule has 1 aliphatic heterocycles. The van der Waals surface area contributed by atoms with E-state index < -0.39 is 0 Å². The first-order valence-electron chi connectivity index (χ1n) is 8.16. The second-order valence-corrected chi connectivity index (χ2v) is 5.70. The molecule has 7 nitrogen and oxygen atoms in total. The second-order valence-electron chi connectivity index (χ2n) is 5.70. The van der Waals surface area contributed by atoms with Gasteiger partial charge in [0, 0.05) is 30.6 Å². The number of nitrogens with one attached hydrogen (secondary N) is 1. The molecule has 2 aromatic heterocycles. The van der Waals surface area contributed by atoms with Gasteiger partial charge in [-0.05, 0) is 24.6 Å². The van der Waals surface area contributed by atoms with Gasteiger partial charge in [0.25, 0.3) is 5.91 Å². The number of carbonyl (C=O) groups is 1. The molecule has 132 valence electrons. The van der Waals surface area contributed by atoms with Gasteiger partial charge >= 0.3 is 0 Å². The van der Waals surface area contributed by atoms with Crippen LogP contribution in [0.1, 0.15) is 22.5 Å². The van der Waals surface area contributed by atoms with Crippen LogP contribution in [-0.4, -0.2) is 48.3 Å². The van der Waals surface area contributed by atoms with E-state index in [1.54, 1.807) is 24.5 Å². The Bertz CT molecular complexity index is 696. The standard InChI is InChI=1S/C18H21N3O4/c1-23-17-10-13(5-8-20-17)18(22)21-15-12-24-9-6-16(15)25-11-14-4-2-3-7-19-14/h2-5,7-8,10,15-16H,6,9,11-12H2,1H3,(H,21,22)/t15-,16-/m1/s1. The molecule has 0 spiro atoms. The van der Waals surface area contributed by atoms with Crippen LogP contribution in [0, 0.1) is 0 Å². The highest BCUT2D eigenvalue weighted by Gasteiger charge is 2.28. The molecule has 1 fully saturated rings. The maximum absolute atomic E-state index is 12.5. The number of hydrogen-bond donors (Lipinski definition) is 1. The molecule has 3 heterocycles. The minimum atomic E-state index is -0.218. The highest BCUT2D eigenvalue weighted by molar-refractivity contribution is 5.94. The molecule has 1 aliphatic rings. The predicted molar refractivity (Wildman–Crippen MR) is 90.3 cm³/mol. The van der Waals surface area contributed by atoms with Crippen LogP contribution in [0.2, 0.25) is 0 Å². The summed E-state index contributed by atoms with van der Waals surface area (Å²) in [7, 11) is 1.51. The quantitative estimate of drug-likeness (QED) is 0.858. The summed E-state index contributed by atoms with van der Waals surface area (Å²) in [6.07, 6.45) is 3.87. The van der Waals surface area contributed by atoms with Crippen molar-refractivity contribution in [1.29, 1.82) is 0 Å². The van der Waals surface area contributed by atoms with Crippen molar-refractivity contribution in [2.24, 2.45) is 0 Å². The molecule has 1 saturated heterocycles. The molecule has 0 radical (unpaired) electrons. The van der Waals surface area contributed by atoms with Gasteiger partial charge in [-0.25, -0.2) is 4.98 Å². The van der Waals surface area contributed by atoms with Gasteiger partial charge in [-0.3, -0.25) is 9.78 Å². The van der Waals surface area contributed by atoms with Crippen molar-refractivity contribution in [3.63, 3.8) is 0 Å². The van der Waals surface area contributed by atoms with Crippen LogP contribution in [-0.2, 0) is 16.1 Å². The van der Waals surface area contributed by atoms with E-state index in [0.29, 0.717) is 31.3 Å². The molecule has 0 saturated carbocycles. The molecule has 0 aromatic carbocycles. The van der Waals surface area contributed by atoms with E-state index in [4.69, 9.17) is 14.2 Å². The van der Waals surface area contributed by atoms with E-state index in [0.717, 1.165) is 12.1 Å². The van der Waals surface area contributed by atoms with Crippen LogP contribution >= 0.6 is 0 Å². The number of methoxy groups -OCH3 is 1. The number of ether oxygens (including phenoxy) is 3. The molecule has 3 rings (SSSR count). The normalized spacial score (nSPS) is 20.0.